The molecule has 0 saturated heterocycles. The summed E-state index contributed by atoms with van der Waals surface area (Å²) in [5.74, 6) is -4.61. The van der Waals surface area contributed by atoms with Crippen LogP contribution < -0.4 is 33.2 Å². The number of benzene rings is 1. The van der Waals surface area contributed by atoms with Gasteiger partial charge in [0.2, 0.25) is 23.6 Å². The molecule has 0 bridgehead atoms. The van der Waals surface area contributed by atoms with Gasteiger partial charge in [-0.1, -0.05) is 30.3 Å². The van der Waals surface area contributed by atoms with Crippen molar-refractivity contribution in [2.24, 2.45) is 17.2 Å². The van der Waals surface area contributed by atoms with Crippen LogP contribution in [0.25, 0.3) is 0 Å². The quantitative estimate of drug-likeness (QED) is 0.0918. The van der Waals surface area contributed by atoms with E-state index in [-0.39, 0.29) is 18.6 Å². The van der Waals surface area contributed by atoms with Crippen LogP contribution in [-0.2, 0) is 30.4 Å². The second-order valence-corrected chi connectivity index (χ2v) is 8.32. The Labute approximate surface area is 209 Å². The Hall–Kier alpha value is -3.16. The zero-order chi connectivity index (χ0) is 26.4. The van der Waals surface area contributed by atoms with E-state index in [0.29, 0.717) is 19.4 Å². The van der Waals surface area contributed by atoms with Gasteiger partial charge in [0, 0.05) is 5.75 Å². The molecule has 35 heavy (non-hydrogen) atoms. The lowest BCUT2D eigenvalue weighted by atomic mass is 10.1. The van der Waals surface area contributed by atoms with E-state index in [9.17, 15) is 29.1 Å². The van der Waals surface area contributed by atoms with Gasteiger partial charge in [-0.3, -0.25) is 19.2 Å². The number of thiol groups is 1. The van der Waals surface area contributed by atoms with E-state index in [4.69, 9.17) is 17.2 Å². The summed E-state index contributed by atoms with van der Waals surface area (Å²) >= 11 is 4.07. The molecule has 0 aliphatic rings. The molecular formula is C22H34N6O6S. The number of hydrogen-bond donors (Lipinski definition) is 8. The summed E-state index contributed by atoms with van der Waals surface area (Å²) in [6, 6.07) is 4.26. The number of hydrogen-bond acceptors (Lipinski definition) is 8. The molecule has 4 atom stereocenters. The number of carbonyl (C=O) groups excluding carboxylic acids is 4. The first-order valence-electron chi connectivity index (χ1n) is 11.1. The lowest BCUT2D eigenvalue weighted by molar-refractivity contribution is -0.142. The van der Waals surface area contributed by atoms with Crippen molar-refractivity contribution in [1.82, 2.24) is 16.0 Å². The normalized spacial score (nSPS) is 14.1. The summed E-state index contributed by atoms with van der Waals surface area (Å²) in [4.78, 5) is 60.8. The third-order valence-corrected chi connectivity index (χ3v) is 5.42. The molecule has 0 heterocycles. The maximum atomic E-state index is 12.7. The molecule has 0 saturated carbocycles. The predicted octanol–water partition coefficient (Wildman–Crippen LogP) is -1.97. The van der Waals surface area contributed by atoms with E-state index < -0.39 is 60.2 Å². The molecule has 1 aromatic rings. The van der Waals surface area contributed by atoms with Gasteiger partial charge in [0.1, 0.15) is 18.1 Å². The number of carboxylic acid groups (broad SMARTS) is 1. The molecule has 10 N–H and O–H groups in total. The average Bonchev–Trinajstić information content (AvgIpc) is 2.81. The summed E-state index contributed by atoms with van der Waals surface area (Å²) in [6.45, 7) is 0.368. The van der Waals surface area contributed by atoms with Crippen LogP contribution in [0.2, 0.25) is 0 Å². The maximum absolute atomic E-state index is 12.7. The molecule has 13 heteroatoms. The third-order valence-electron chi connectivity index (χ3n) is 5.05. The van der Waals surface area contributed by atoms with Crippen LogP contribution in [0.4, 0.5) is 0 Å². The van der Waals surface area contributed by atoms with Gasteiger partial charge < -0.3 is 38.3 Å². The van der Waals surface area contributed by atoms with E-state index >= 15 is 0 Å². The molecule has 12 nitrogen and oxygen atoms in total. The van der Waals surface area contributed by atoms with Crippen LogP contribution in [-0.4, -0.2) is 71.2 Å². The van der Waals surface area contributed by atoms with Crippen molar-refractivity contribution < 1.29 is 29.1 Å². The Bertz CT molecular complexity index is 871. The summed E-state index contributed by atoms with van der Waals surface area (Å²) < 4.78 is 0. The van der Waals surface area contributed by atoms with Gasteiger partial charge in [-0.05, 0) is 37.8 Å². The summed E-state index contributed by atoms with van der Waals surface area (Å²) in [5.41, 5.74) is 17.4. The lowest BCUT2D eigenvalue weighted by Gasteiger charge is -2.24. The Balaban J connectivity index is 2.81. The van der Waals surface area contributed by atoms with Gasteiger partial charge in [-0.25, -0.2) is 4.79 Å². The SMILES string of the molecule is NCCCCC(NC(=O)C(CC(N)=O)NC(=O)C(CS)NC(=O)C(N)Cc1ccccc1)C(=O)O. The predicted molar refractivity (Wildman–Crippen MR) is 132 cm³/mol. The van der Waals surface area contributed by atoms with E-state index in [1.54, 1.807) is 12.1 Å². The van der Waals surface area contributed by atoms with Crippen molar-refractivity contribution in [3.63, 3.8) is 0 Å². The molecule has 0 aliphatic carbocycles. The molecule has 0 aromatic heterocycles. The zero-order valence-corrected chi connectivity index (χ0v) is 20.2. The van der Waals surface area contributed by atoms with Crippen LogP contribution >= 0.6 is 12.6 Å². The summed E-state index contributed by atoms with van der Waals surface area (Å²) in [5, 5.41) is 16.5. The van der Waals surface area contributed by atoms with Gasteiger partial charge in [-0.15, -0.1) is 0 Å². The van der Waals surface area contributed by atoms with Crippen LogP contribution in [0.5, 0.6) is 0 Å². The minimum atomic E-state index is -1.45. The van der Waals surface area contributed by atoms with Crippen LogP contribution in [0.15, 0.2) is 30.3 Å². The lowest BCUT2D eigenvalue weighted by Crippen LogP contribution is -2.58. The van der Waals surface area contributed by atoms with Crippen molar-refractivity contribution in [1.29, 1.82) is 0 Å². The van der Waals surface area contributed by atoms with Crippen molar-refractivity contribution in [2.75, 3.05) is 12.3 Å². The van der Waals surface area contributed by atoms with Gasteiger partial charge in [0.15, 0.2) is 0 Å². The van der Waals surface area contributed by atoms with E-state index in [2.05, 4.69) is 28.6 Å². The fourth-order valence-corrected chi connectivity index (χ4v) is 3.40. The Morgan fingerprint density at radius 2 is 1.46 bits per heavy atom. The molecule has 0 aliphatic heterocycles. The number of nitrogens with one attached hydrogen (secondary N) is 3. The fourth-order valence-electron chi connectivity index (χ4n) is 3.14. The van der Waals surface area contributed by atoms with Gasteiger partial charge in [0.25, 0.3) is 0 Å². The second-order valence-electron chi connectivity index (χ2n) is 7.96. The first-order valence-corrected chi connectivity index (χ1v) is 11.7. The first-order chi connectivity index (χ1) is 16.6. The highest BCUT2D eigenvalue weighted by Crippen LogP contribution is 2.05. The average molecular weight is 511 g/mol. The van der Waals surface area contributed by atoms with E-state index in [1.165, 1.54) is 0 Å². The molecule has 0 radical (unpaired) electrons. The number of nitrogens with two attached hydrogens (primary N) is 3. The number of amides is 4. The molecule has 4 amide bonds. The fraction of sp³-hybridized carbons (Fsp3) is 0.500. The minimum absolute atomic E-state index is 0.115. The highest BCUT2D eigenvalue weighted by molar-refractivity contribution is 7.80. The van der Waals surface area contributed by atoms with Crippen molar-refractivity contribution in [2.45, 2.75) is 56.3 Å². The number of carboxylic acids is 1. The topological polar surface area (TPSA) is 220 Å². The Morgan fingerprint density at radius 1 is 0.886 bits per heavy atom. The zero-order valence-electron chi connectivity index (χ0n) is 19.3. The van der Waals surface area contributed by atoms with Crippen LogP contribution in [0.3, 0.4) is 0 Å². The van der Waals surface area contributed by atoms with Crippen molar-refractivity contribution in [3.05, 3.63) is 35.9 Å². The number of rotatable bonds is 16. The molecule has 0 fully saturated rings. The highest BCUT2D eigenvalue weighted by Gasteiger charge is 2.30. The maximum Gasteiger partial charge on any atom is 0.326 e. The summed E-state index contributed by atoms with van der Waals surface area (Å²) in [6.07, 6.45) is 0.799. The van der Waals surface area contributed by atoms with Crippen molar-refractivity contribution in [3.8, 4) is 0 Å². The van der Waals surface area contributed by atoms with E-state index in [0.717, 1.165) is 5.56 Å². The molecule has 4 unspecified atom stereocenters. The number of carbonyl (C=O) groups is 5. The smallest absolute Gasteiger partial charge is 0.326 e. The molecule has 194 valence electrons. The highest BCUT2D eigenvalue weighted by atomic mass is 32.1. The van der Waals surface area contributed by atoms with Gasteiger partial charge in [-0.2, -0.15) is 12.6 Å². The van der Waals surface area contributed by atoms with Gasteiger partial charge in [0.05, 0.1) is 12.5 Å². The van der Waals surface area contributed by atoms with E-state index in [1.807, 2.05) is 18.2 Å². The minimum Gasteiger partial charge on any atom is -0.480 e. The number of aliphatic carboxylic acids is 1. The van der Waals surface area contributed by atoms with Crippen LogP contribution in [0.1, 0.15) is 31.2 Å². The van der Waals surface area contributed by atoms with Crippen LogP contribution in [0, 0.1) is 0 Å². The largest absolute Gasteiger partial charge is 0.480 e. The first kappa shape index (κ1) is 29.9. The Morgan fingerprint density at radius 3 is 2.00 bits per heavy atom. The number of primary amides is 1. The number of unbranched alkanes of at least 4 members (excludes halogenated alkanes) is 1. The third kappa shape index (κ3) is 11.2. The molecular weight excluding hydrogens is 476 g/mol. The molecule has 1 rings (SSSR count). The Kier molecular flexibility index (Phi) is 13.4. The molecule has 0 spiro atoms. The summed E-state index contributed by atoms with van der Waals surface area (Å²) in [7, 11) is 0. The van der Waals surface area contributed by atoms with Gasteiger partial charge >= 0.3 is 5.97 Å². The second kappa shape index (κ2) is 15.7. The molecule has 1 aromatic carbocycles. The standard InChI is InChI=1S/C22H34N6O6S/c23-9-5-4-8-15(22(33)34)26-20(31)16(11-18(25)29)27-21(32)17(12-35)28-19(30)14(24)10-13-6-2-1-3-7-13/h1-3,6-7,14-17,35H,4-5,8-12,23-24H2,(H2,25,29)(H,26,31)(H,27,32)(H,28,30)(H,33,34). The monoisotopic (exact) mass is 510 g/mol. The van der Waals surface area contributed by atoms with Crippen molar-refractivity contribution >= 4 is 42.2 Å².